The van der Waals surface area contributed by atoms with Crippen LogP contribution >= 0.6 is 0 Å². The van der Waals surface area contributed by atoms with Gasteiger partial charge in [0.2, 0.25) is 0 Å². The smallest absolute Gasteiger partial charge is 0.0289 e. The van der Waals surface area contributed by atoms with Gasteiger partial charge in [0.05, 0.1) is 0 Å². The van der Waals surface area contributed by atoms with E-state index in [1.54, 1.807) is 0 Å². The van der Waals surface area contributed by atoms with Gasteiger partial charge in [0.1, 0.15) is 0 Å². The summed E-state index contributed by atoms with van der Waals surface area (Å²) in [6.07, 6.45) is 6.55. The molecule has 62 valence electrons. The van der Waals surface area contributed by atoms with E-state index in [0.717, 1.165) is 12.8 Å². The fourth-order valence-corrected chi connectivity index (χ4v) is 1.67. The molecule has 0 aromatic carbocycles. The Morgan fingerprint density at radius 2 is 2.27 bits per heavy atom. The molecule has 0 aromatic heterocycles. The predicted molar refractivity (Wildman–Crippen MR) is 49.6 cm³/mol. The first-order valence-corrected chi connectivity index (χ1v) is 4.28. The molecule has 0 saturated carbocycles. The highest BCUT2D eigenvalue weighted by atomic mass is 14.9. The van der Waals surface area contributed by atoms with Gasteiger partial charge < -0.3 is 5.32 Å². The molecule has 11 heavy (non-hydrogen) atoms. The third-order valence-electron chi connectivity index (χ3n) is 2.03. The number of piperidine rings is 1. The van der Waals surface area contributed by atoms with Crippen molar-refractivity contribution in [2.75, 3.05) is 0 Å². The summed E-state index contributed by atoms with van der Waals surface area (Å²) >= 11 is 0. The predicted octanol–water partition coefficient (Wildman–Crippen LogP) is 2.26. The first-order valence-electron chi connectivity index (χ1n) is 4.28. The Morgan fingerprint density at radius 1 is 1.55 bits per heavy atom. The lowest BCUT2D eigenvalue weighted by molar-refractivity contribution is 0.438. The van der Waals surface area contributed by atoms with E-state index in [4.69, 9.17) is 0 Å². The maximum atomic E-state index is 4.02. The first-order chi connectivity index (χ1) is 5.22. The Balaban J connectivity index is 2.49. The molecule has 1 nitrogen and oxygen atoms in total. The van der Waals surface area contributed by atoms with Crippen LogP contribution in [0.25, 0.3) is 0 Å². The molecule has 0 amide bonds. The number of rotatable bonds is 1. The SMILES string of the molecule is C=C1C[C@@H](C)N[C@@H](/C=C/C)C1. The zero-order valence-corrected chi connectivity index (χ0v) is 7.43. The van der Waals surface area contributed by atoms with E-state index < -0.39 is 0 Å². The van der Waals surface area contributed by atoms with Gasteiger partial charge in [-0.1, -0.05) is 24.3 Å². The lowest BCUT2D eigenvalue weighted by atomic mass is 9.95. The molecule has 1 aliphatic heterocycles. The van der Waals surface area contributed by atoms with Gasteiger partial charge in [0.15, 0.2) is 0 Å². The second-order valence-corrected chi connectivity index (χ2v) is 3.36. The van der Waals surface area contributed by atoms with Crippen LogP contribution < -0.4 is 5.32 Å². The quantitative estimate of drug-likeness (QED) is 0.567. The van der Waals surface area contributed by atoms with E-state index >= 15 is 0 Å². The second-order valence-electron chi connectivity index (χ2n) is 3.36. The van der Waals surface area contributed by atoms with Crippen LogP contribution in [0.15, 0.2) is 24.3 Å². The van der Waals surface area contributed by atoms with Gasteiger partial charge in [0.25, 0.3) is 0 Å². The van der Waals surface area contributed by atoms with Crippen molar-refractivity contribution in [3.8, 4) is 0 Å². The lowest BCUT2D eigenvalue weighted by Crippen LogP contribution is -2.39. The summed E-state index contributed by atoms with van der Waals surface area (Å²) in [6, 6.07) is 1.12. The molecule has 1 heterocycles. The van der Waals surface area contributed by atoms with E-state index in [2.05, 4.69) is 37.9 Å². The number of nitrogens with one attached hydrogen (secondary N) is 1. The molecule has 0 radical (unpaired) electrons. The van der Waals surface area contributed by atoms with Crippen LogP contribution in [0.3, 0.4) is 0 Å². The largest absolute Gasteiger partial charge is 0.307 e. The van der Waals surface area contributed by atoms with E-state index in [9.17, 15) is 0 Å². The maximum Gasteiger partial charge on any atom is 0.0289 e. The fourth-order valence-electron chi connectivity index (χ4n) is 1.67. The molecule has 0 bridgehead atoms. The second kappa shape index (κ2) is 3.72. The molecule has 2 atom stereocenters. The van der Waals surface area contributed by atoms with Crippen molar-refractivity contribution in [3.05, 3.63) is 24.3 Å². The standard InChI is InChI=1S/C10H17N/c1-4-5-10-7-8(2)6-9(3)11-10/h4-5,9-11H,2,6-7H2,1,3H3/b5-4+/t9-,10+/m1/s1. The third-order valence-corrected chi connectivity index (χ3v) is 2.03. The molecular weight excluding hydrogens is 134 g/mol. The summed E-state index contributed by atoms with van der Waals surface area (Å²) in [4.78, 5) is 0. The Hall–Kier alpha value is -0.560. The highest BCUT2D eigenvalue weighted by molar-refractivity contribution is 5.09. The maximum absolute atomic E-state index is 4.02. The van der Waals surface area contributed by atoms with Crippen LogP contribution in [0.2, 0.25) is 0 Å². The molecule has 1 heteroatoms. The van der Waals surface area contributed by atoms with Gasteiger partial charge in [0, 0.05) is 12.1 Å². The number of hydrogen-bond acceptors (Lipinski definition) is 1. The average molecular weight is 151 g/mol. The van der Waals surface area contributed by atoms with E-state index in [1.807, 2.05) is 0 Å². The Bertz CT molecular complexity index is 170. The minimum absolute atomic E-state index is 0.524. The number of hydrogen-bond donors (Lipinski definition) is 1. The summed E-state index contributed by atoms with van der Waals surface area (Å²) in [7, 11) is 0. The van der Waals surface area contributed by atoms with Gasteiger partial charge in [-0.15, -0.1) is 0 Å². The van der Waals surface area contributed by atoms with Crippen molar-refractivity contribution in [1.29, 1.82) is 0 Å². The molecule has 0 spiro atoms. The van der Waals surface area contributed by atoms with Crippen molar-refractivity contribution in [2.24, 2.45) is 0 Å². The van der Waals surface area contributed by atoms with Crippen molar-refractivity contribution in [1.82, 2.24) is 5.32 Å². The Kier molecular flexibility index (Phi) is 2.89. The first kappa shape index (κ1) is 8.54. The zero-order valence-electron chi connectivity index (χ0n) is 7.43. The summed E-state index contributed by atoms with van der Waals surface area (Å²) in [5.74, 6) is 0. The minimum atomic E-state index is 0.524. The molecule has 1 aliphatic rings. The highest BCUT2D eigenvalue weighted by Crippen LogP contribution is 2.17. The molecule has 0 aromatic rings. The third kappa shape index (κ3) is 2.51. The molecule has 1 saturated heterocycles. The van der Waals surface area contributed by atoms with Crippen LogP contribution in [0.4, 0.5) is 0 Å². The Labute approximate surface area is 69.2 Å². The van der Waals surface area contributed by atoms with Gasteiger partial charge in [-0.25, -0.2) is 0 Å². The molecule has 1 N–H and O–H groups in total. The van der Waals surface area contributed by atoms with Crippen LogP contribution in [-0.2, 0) is 0 Å². The topological polar surface area (TPSA) is 12.0 Å². The van der Waals surface area contributed by atoms with Crippen molar-refractivity contribution >= 4 is 0 Å². The van der Waals surface area contributed by atoms with Crippen LogP contribution in [-0.4, -0.2) is 12.1 Å². The summed E-state index contributed by atoms with van der Waals surface area (Å²) in [5, 5.41) is 3.50. The zero-order chi connectivity index (χ0) is 8.27. The van der Waals surface area contributed by atoms with Crippen molar-refractivity contribution < 1.29 is 0 Å². The van der Waals surface area contributed by atoms with Gasteiger partial charge in [-0.3, -0.25) is 0 Å². The number of allylic oxidation sites excluding steroid dienone is 1. The molecule has 0 aliphatic carbocycles. The minimum Gasteiger partial charge on any atom is -0.307 e. The summed E-state index contributed by atoms with van der Waals surface area (Å²) in [5.41, 5.74) is 1.37. The van der Waals surface area contributed by atoms with E-state index in [1.165, 1.54) is 5.57 Å². The average Bonchev–Trinajstić information content (AvgIpc) is 1.85. The lowest BCUT2D eigenvalue weighted by Gasteiger charge is -2.28. The molecule has 1 fully saturated rings. The van der Waals surface area contributed by atoms with Gasteiger partial charge >= 0.3 is 0 Å². The monoisotopic (exact) mass is 151 g/mol. The van der Waals surface area contributed by atoms with Crippen LogP contribution in [0.1, 0.15) is 26.7 Å². The molecule has 0 unspecified atom stereocenters. The normalized spacial score (nSPS) is 33.1. The van der Waals surface area contributed by atoms with Crippen molar-refractivity contribution in [3.63, 3.8) is 0 Å². The fraction of sp³-hybridized carbons (Fsp3) is 0.600. The molecule has 1 rings (SSSR count). The van der Waals surface area contributed by atoms with E-state index in [-0.39, 0.29) is 0 Å². The Morgan fingerprint density at radius 3 is 2.82 bits per heavy atom. The van der Waals surface area contributed by atoms with Gasteiger partial charge in [-0.2, -0.15) is 0 Å². The van der Waals surface area contributed by atoms with Gasteiger partial charge in [-0.05, 0) is 26.7 Å². The van der Waals surface area contributed by atoms with Crippen LogP contribution in [0.5, 0.6) is 0 Å². The highest BCUT2D eigenvalue weighted by Gasteiger charge is 2.17. The molecular formula is C10H17N. The van der Waals surface area contributed by atoms with Crippen molar-refractivity contribution in [2.45, 2.75) is 38.8 Å². The van der Waals surface area contributed by atoms with Crippen LogP contribution in [0, 0.1) is 0 Å². The summed E-state index contributed by atoms with van der Waals surface area (Å²) < 4.78 is 0. The van der Waals surface area contributed by atoms with E-state index in [0.29, 0.717) is 12.1 Å². The summed E-state index contributed by atoms with van der Waals surface area (Å²) in [6.45, 7) is 8.29.